The first kappa shape index (κ1) is 18.0. The van der Waals surface area contributed by atoms with Crippen LogP contribution in [0.5, 0.6) is 0 Å². The highest BCUT2D eigenvalue weighted by atomic mass is 16.1. The molecule has 0 aliphatic carbocycles. The van der Waals surface area contributed by atoms with Gasteiger partial charge in [-0.25, -0.2) is 4.98 Å². The highest BCUT2D eigenvalue weighted by Crippen LogP contribution is 2.12. The number of carbonyl (C=O) groups is 1. The van der Waals surface area contributed by atoms with E-state index in [2.05, 4.69) is 34.3 Å². The maximum absolute atomic E-state index is 12.3. The third-order valence-electron chi connectivity index (χ3n) is 4.02. The summed E-state index contributed by atoms with van der Waals surface area (Å²) < 4.78 is 0. The highest BCUT2D eigenvalue weighted by Gasteiger charge is 2.08. The van der Waals surface area contributed by atoms with E-state index >= 15 is 0 Å². The minimum atomic E-state index is -0.0318. The molecule has 1 aromatic carbocycles. The molecule has 4 nitrogen and oxygen atoms in total. The Hall–Kier alpha value is -2.36. The zero-order chi connectivity index (χ0) is 17.2. The molecule has 0 aliphatic heterocycles. The largest absolute Gasteiger partial charge is 0.360 e. The number of benzene rings is 1. The van der Waals surface area contributed by atoms with Crippen molar-refractivity contribution in [1.29, 1.82) is 0 Å². The first-order valence-corrected chi connectivity index (χ1v) is 8.70. The molecular formula is C20H27N3O. The Morgan fingerprint density at radius 3 is 2.71 bits per heavy atom. The Labute approximate surface area is 144 Å². The molecule has 0 unspecified atom stereocenters. The van der Waals surface area contributed by atoms with Crippen LogP contribution in [-0.2, 0) is 6.42 Å². The quantitative estimate of drug-likeness (QED) is 0.715. The number of unbranched alkanes of at least 4 members (excludes halogenated alkanes) is 1. The second kappa shape index (κ2) is 9.71. The van der Waals surface area contributed by atoms with Crippen molar-refractivity contribution in [2.24, 2.45) is 0 Å². The number of nitrogens with one attached hydrogen (secondary N) is 1. The molecule has 1 N–H and O–H groups in total. The van der Waals surface area contributed by atoms with Crippen molar-refractivity contribution in [3.05, 3.63) is 59.8 Å². The number of aryl methyl sites for hydroxylation is 1. The van der Waals surface area contributed by atoms with Crippen LogP contribution in [0.1, 0.15) is 42.1 Å². The monoisotopic (exact) mass is 325 g/mol. The summed E-state index contributed by atoms with van der Waals surface area (Å²) in [6, 6.07) is 14.0. The summed E-state index contributed by atoms with van der Waals surface area (Å²) in [5, 5.41) is 2.99. The molecule has 128 valence electrons. The average molecular weight is 325 g/mol. The van der Waals surface area contributed by atoms with E-state index in [9.17, 15) is 4.79 Å². The van der Waals surface area contributed by atoms with Gasteiger partial charge in [-0.3, -0.25) is 4.79 Å². The number of pyridine rings is 1. The van der Waals surface area contributed by atoms with Crippen LogP contribution in [0.4, 0.5) is 5.82 Å². The summed E-state index contributed by atoms with van der Waals surface area (Å²) in [4.78, 5) is 18.7. The molecule has 0 fully saturated rings. The molecule has 2 rings (SSSR count). The predicted octanol–water partition coefficient (Wildman–Crippen LogP) is 3.68. The lowest BCUT2D eigenvalue weighted by Gasteiger charge is -2.18. The summed E-state index contributed by atoms with van der Waals surface area (Å²) in [6.45, 7) is 3.79. The minimum absolute atomic E-state index is 0.0318. The lowest BCUT2D eigenvalue weighted by molar-refractivity contribution is 0.0953. The molecule has 1 aromatic heterocycles. The van der Waals surface area contributed by atoms with Gasteiger partial charge in [0, 0.05) is 31.9 Å². The van der Waals surface area contributed by atoms with E-state index in [1.54, 1.807) is 12.3 Å². The van der Waals surface area contributed by atoms with Crippen LogP contribution in [0.2, 0.25) is 0 Å². The summed E-state index contributed by atoms with van der Waals surface area (Å²) in [5.74, 6) is 0.816. The van der Waals surface area contributed by atoms with Crippen molar-refractivity contribution in [3.8, 4) is 0 Å². The van der Waals surface area contributed by atoms with E-state index in [4.69, 9.17) is 0 Å². The van der Waals surface area contributed by atoms with Crippen LogP contribution >= 0.6 is 0 Å². The van der Waals surface area contributed by atoms with Gasteiger partial charge < -0.3 is 10.2 Å². The molecule has 0 radical (unpaired) electrons. The molecule has 0 saturated heterocycles. The first-order chi connectivity index (χ1) is 11.7. The Morgan fingerprint density at radius 1 is 1.17 bits per heavy atom. The van der Waals surface area contributed by atoms with Gasteiger partial charge in [-0.2, -0.15) is 0 Å². The smallest absolute Gasteiger partial charge is 0.251 e. The number of amides is 1. The standard InChI is InChI=1S/C20H27N3O/c1-3-4-15-23(2)19-16-18(12-14-21-19)20(24)22-13-8-11-17-9-6-5-7-10-17/h5-7,9-10,12,14,16H,3-4,8,11,13,15H2,1-2H3,(H,22,24). The van der Waals surface area contributed by atoms with Gasteiger partial charge in [-0.1, -0.05) is 43.7 Å². The van der Waals surface area contributed by atoms with Crippen LogP contribution in [0.15, 0.2) is 48.7 Å². The molecule has 0 bridgehead atoms. The molecule has 0 spiro atoms. The molecule has 1 heterocycles. The van der Waals surface area contributed by atoms with Gasteiger partial charge in [-0.05, 0) is 37.0 Å². The Balaban J connectivity index is 1.81. The number of carbonyl (C=O) groups excluding carboxylic acids is 1. The molecule has 0 atom stereocenters. The lowest BCUT2D eigenvalue weighted by atomic mass is 10.1. The van der Waals surface area contributed by atoms with E-state index < -0.39 is 0 Å². The molecule has 0 saturated carbocycles. The SMILES string of the molecule is CCCCN(C)c1cc(C(=O)NCCCc2ccccc2)ccn1. The van der Waals surface area contributed by atoms with Crippen LogP contribution in [0.25, 0.3) is 0 Å². The molecule has 1 amide bonds. The van der Waals surface area contributed by atoms with Crippen LogP contribution in [0, 0.1) is 0 Å². The highest BCUT2D eigenvalue weighted by molar-refractivity contribution is 5.94. The van der Waals surface area contributed by atoms with Crippen LogP contribution in [0.3, 0.4) is 0 Å². The van der Waals surface area contributed by atoms with Crippen molar-refractivity contribution in [2.45, 2.75) is 32.6 Å². The normalized spacial score (nSPS) is 10.4. The second-order valence-corrected chi connectivity index (χ2v) is 6.02. The number of aromatic nitrogens is 1. The van der Waals surface area contributed by atoms with Gasteiger partial charge >= 0.3 is 0 Å². The molecular weight excluding hydrogens is 298 g/mol. The Morgan fingerprint density at radius 2 is 1.96 bits per heavy atom. The number of rotatable bonds is 9. The van der Waals surface area contributed by atoms with Crippen molar-refractivity contribution < 1.29 is 4.79 Å². The topological polar surface area (TPSA) is 45.2 Å². The predicted molar refractivity (Wildman–Crippen MR) is 99.5 cm³/mol. The first-order valence-electron chi connectivity index (χ1n) is 8.70. The van der Waals surface area contributed by atoms with E-state index in [0.29, 0.717) is 12.1 Å². The fourth-order valence-electron chi connectivity index (χ4n) is 2.52. The van der Waals surface area contributed by atoms with Gasteiger partial charge in [0.15, 0.2) is 0 Å². The Kier molecular flexibility index (Phi) is 7.27. The van der Waals surface area contributed by atoms with Crippen LogP contribution in [-0.4, -0.2) is 31.0 Å². The lowest BCUT2D eigenvalue weighted by Crippen LogP contribution is -2.26. The fraction of sp³-hybridized carbons (Fsp3) is 0.400. The molecule has 2 aromatic rings. The van der Waals surface area contributed by atoms with Crippen molar-refractivity contribution >= 4 is 11.7 Å². The summed E-state index contributed by atoms with van der Waals surface area (Å²) in [5.41, 5.74) is 1.97. The minimum Gasteiger partial charge on any atom is -0.360 e. The fourth-order valence-corrected chi connectivity index (χ4v) is 2.52. The molecule has 24 heavy (non-hydrogen) atoms. The number of hydrogen-bond donors (Lipinski definition) is 1. The number of nitrogens with zero attached hydrogens (tertiary/aromatic N) is 2. The van der Waals surface area contributed by atoms with Gasteiger partial charge in [0.25, 0.3) is 5.91 Å². The van der Waals surface area contributed by atoms with Crippen molar-refractivity contribution in [1.82, 2.24) is 10.3 Å². The van der Waals surface area contributed by atoms with Gasteiger partial charge in [0.05, 0.1) is 0 Å². The van der Waals surface area contributed by atoms with Crippen molar-refractivity contribution in [3.63, 3.8) is 0 Å². The van der Waals surface area contributed by atoms with E-state index in [1.807, 2.05) is 31.3 Å². The summed E-state index contributed by atoms with van der Waals surface area (Å²) in [6.07, 6.45) is 5.88. The van der Waals surface area contributed by atoms with Gasteiger partial charge in [0.2, 0.25) is 0 Å². The van der Waals surface area contributed by atoms with E-state index in [0.717, 1.165) is 38.0 Å². The molecule has 0 aliphatic rings. The third kappa shape index (κ3) is 5.69. The van der Waals surface area contributed by atoms with E-state index in [1.165, 1.54) is 5.56 Å². The zero-order valence-electron chi connectivity index (χ0n) is 14.7. The van der Waals surface area contributed by atoms with Crippen molar-refractivity contribution in [2.75, 3.05) is 25.0 Å². The number of anilines is 1. The van der Waals surface area contributed by atoms with Gasteiger partial charge in [0.1, 0.15) is 5.82 Å². The molecule has 4 heteroatoms. The van der Waals surface area contributed by atoms with Gasteiger partial charge in [-0.15, -0.1) is 0 Å². The summed E-state index contributed by atoms with van der Waals surface area (Å²) in [7, 11) is 2.01. The maximum atomic E-state index is 12.3. The van der Waals surface area contributed by atoms with E-state index in [-0.39, 0.29) is 5.91 Å². The zero-order valence-corrected chi connectivity index (χ0v) is 14.7. The average Bonchev–Trinajstić information content (AvgIpc) is 2.64. The summed E-state index contributed by atoms with van der Waals surface area (Å²) >= 11 is 0. The Bertz CT molecular complexity index is 628. The maximum Gasteiger partial charge on any atom is 0.251 e. The number of hydrogen-bond acceptors (Lipinski definition) is 3. The third-order valence-corrected chi connectivity index (χ3v) is 4.02. The second-order valence-electron chi connectivity index (χ2n) is 6.02. The van der Waals surface area contributed by atoms with Crippen LogP contribution < -0.4 is 10.2 Å².